The van der Waals surface area contributed by atoms with Crippen molar-refractivity contribution in [1.29, 1.82) is 0 Å². The first-order chi connectivity index (χ1) is 10.4. The maximum absolute atomic E-state index is 13.3. The molecule has 0 aliphatic rings. The molecule has 0 radical (unpaired) electrons. The lowest BCUT2D eigenvalue weighted by Crippen LogP contribution is -2.35. The average Bonchev–Trinajstić information content (AvgIpc) is 2.46. The maximum Gasteiger partial charge on any atom is 0.261 e. The van der Waals surface area contributed by atoms with E-state index >= 15 is 0 Å². The monoisotopic (exact) mass is 365 g/mol. The Bertz CT molecular complexity index is 638. The van der Waals surface area contributed by atoms with Gasteiger partial charge < -0.3 is 10.1 Å². The van der Waals surface area contributed by atoms with Crippen molar-refractivity contribution >= 4 is 21.8 Å². The van der Waals surface area contributed by atoms with Crippen LogP contribution < -0.4 is 10.1 Å². The molecule has 0 bridgehead atoms. The Morgan fingerprint density at radius 2 is 1.95 bits per heavy atom. The second kappa shape index (κ2) is 7.40. The fourth-order valence-corrected chi connectivity index (χ4v) is 2.43. The highest BCUT2D eigenvalue weighted by Crippen LogP contribution is 2.15. The lowest BCUT2D eigenvalue weighted by atomic mass is 10.2. The molecule has 2 aromatic carbocycles. The highest BCUT2D eigenvalue weighted by molar-refractivity contribution is 9.10. The molecule has 3 nitrogen and oxygen atoms in total. The summed E-state index contributed by atoms with van der Waals surface area (Å²) in [5, 5.41) is 2.73. The summed E-state index contributed by atoms with van der Waals surface area (Å²) in [6, 6.07) is 12.0. The topological polar surface area (TPSA) is 38.3 Å². The van der Waals surface area contributed by atoms with Crippen LogP contribution in [0.15, 0.2) is 46.9 Å². The number of halogens is 2. The van der Waals surface area contributed by atoms with Crippen LogP contribution in [-0.4, -0.2) is 12.0 Å². The molecule has 0 aromatic heterocycles. The molecule has 1 atom stereocenters. The lowest BCUT2D eigenvalue weighted by Gasteiger charge is -2.15. The van der Waals surface area contributed by atoms with Crippen molar-refractivity contribution in [2.45, 2.75) is 26.5 Å². The van der Waals surface area contributed by atoms with E-state index < -0.39 is 6.10 Å². The van der Waals surface area contributed by atoms with E-state index in [0.717, 1.165) is 5.56 Å². The summed E-state index contributed by atoms with van der Waals surface area (Å²) in [5.74, 6) is 0.0466. The van der Waals surface area contributed by atoms with Gasteiger partial charge in [-0.05, 0) is 49.7 Å². The van der Waals surface area contributed by atoms with E-state index in [1.807, 2.05) is 31.2 Å². The van der Waals surface area contributed by atoms with E-state index in [1.165, 1.54) is 12.1 Å². The summed E-state index contributed by atoms with van der Waals surface area (Å²) in [6.45, 7) is 3.91. The molecule has 0 fully saturated rings. The molecule has 2 aromatic rings. The highest BCUT2D eigenvalue weighted by atomic mass is 79.9. The van der Waals surface area contributed by atoms with Crippen molar-refractivity contribution in [2.75, 3.05) is 0 Å². The zero-order valence-electron chi connectivity index (χ0n) is 12.4. The summed E-state index contributed by atoms with van der Waals surface area (Å²) >= 11 is 3.22. The Kier molecular flexibility index (Phi) is 5.55. The first-order valence-electron chi connectivity index (χ1n) is 6.90. The summed E-state index contributed by atoms with van der Waals surface area (Å²) in [5.41, 5.74) is 1.81. The van der Waals surface area contributed by atoms with Gasteiger partial charge in [-0.3, -0.25) is 4.79 Å². The van der Waals surface area contributed by atoms with Gasteiger partial charge in [-0.15, -0.1) is 0 Å². The number of nitrogens with one attached hydrogen (secondary N) is 1. The van der Waals surface area contributed by atoms with Crippen LogP contribution in [0.5, 0.6) is 5.75 Å². The molecule has 1 N–H and O–H groups in total. The molecule has 0 spiro atoms. The molecule has 1 amide bonds. The van der Waals surface area contributed by atoms with Crippen molar-refractivity contribution in [3.05, 3.63) is 63.9 Å². The SMILES string of the molecule is Cc1ccc(OC(C)C(=O)NCc2cc(F)cc(Br)c2)cc1. The third-order valence-electron chi connectivity index (χ3n) is 3.09. The smallest absolute Gasteiger partial charge is 0.261 e. The second-order valence-electron chi connectivity index (χ2n) is 5.07. The number of benzene rings is 2. The summed E-state index contributed by atoms with van der Waals surface area (Å²) in [7, 11) is 0. The minimum absolute atomic E-state index is 0.247. The van der Waals surface area contributed by atoms with Crippen molar-refractivity contribution in [3.63, 3.8) is 0 Å². The molecule has 0 saturated carbocycles. The minimum Gasteiger partial charge on any atom is -0.481 e. The molecule has 2 rings (SSSR count). The van der Waals surface area contributed by atoms with Crippen LogP contribution in [0.3, 0.4) is 0 Å². The summed E-state index contributed by atoms with van der Waals surface area (Å²) in [4.78, 5) is 12.0. The van der Waals surface area contributed by atoms with Gasteiger partial charge in [0, 0.05) is 11.0 Å². The van der Waals surface area contributed by atoms with Crippen molar-refractivity contribution in [2.24, 2.45) is 0 Å². The third kappa shape index (κ3) is 4.84. The molecule has 0 aliphatic carbocycles. The standard InChI is InChI=1S/C17H17BrFNO2/c1-11-3-5-16(6-4-11)22-12(2)17(21)20-10-13-7-14(18)9-15(19)8-13/h3-9,12H,10H2,1-2H3,(H,20,21). The fourth-order valence-electron chi connectivity index (χ4n) is 1.92. The number of amides is 1. The minimum atomic E-state index is -0.625. The number of hydrogen-bond donors (Lipinski definition) is 1. The Morgan fingerprint density at radius 3 is 2.59 bits per heavy atom. The van der Waals surface area contributed by atoms with Gasteiger partial charge in [-0.25, -0.2) is 4.39 Å². The van der Waals surface area contributed by atoms with Crippen LogP contribution in [0.1, 0.15) is 18.1 Å². The number of ether oxygens (including phenoxy) is 1. The van der Waals surface area contributed by atoms with Gasteiger partial charge in [-0.1, -0.05) is 33.6 Å². The molecule has 1 unspecified atom stereocenters. The van der Waals surface area contributed by atoms with E-state index in [0.29, 0.717) is 15.8 Å². The third-order valence-corrected chi connectivity index (χ3v) is 3.55. The van der Waals surface area contributed by atoms with Gasteiger partial charge in [0.1, 0.15) is 11.6 Å². The first-order valence-corrected chi connectivity index (χ1v) is 7.69. The quantitative estimate of drug-likeness (QED) is 0.869. The van der Waals surface area contributed by atoms with Crippen LogP contribution in [0.2, 0.25) is 0 Å². The summed E-state index contributed by atoms with van der Waals surface area (Å²) < 4.78 is 19.5. The second-order valence-corrected chi connectivity index (χ2v) is 5.98. The molecule has 0 heterocycles. The molecule has 0 aliphatic heterocycles. The Balaban J connectivity index is 1.89. The molecule has 116 valence electrons. The summed E-state index contributed by atoms with van der Waals surface area (Å²) in [6.07, 6.45) is -0.625. The van der Waals surface area contributed by atoms with Gasteiger partial charge in [0.2, 0.25) is 0 Å². The van der Waals surface area contributed by atoms with Gasteiger partial charge in [0.05, 0.1) is 0 Å². The zero-order valence-corrected chi connectivity index (χ0v) is 14.0. The Labute approximate surface area is 137 Å². The predicted octanol–water partition coefficient (Wildman–Crippen LogP) is 3.98. The van der Waals surface area contributed by atoms with Crippen LogP contribution in [-0.2, 0) is 11.3 Å². The van der Waals surface area contributed by atoms with Crippen LogP contribution in [0.4, 0.5) is 4.39 Å². The van der Waals surface area contributed by atoms with Gasteiger partial charge in [-0.2, -0.15) is 0 Å². The molecular formula is C17H17BrFNO2. The van der Waals surface area contributed by atoms with Crippen LogP contribution >= 0.6 is 15.9 Å². The number of carbonyl (C=O) groups is 1. The van der Waals surface area contributed by atoms with Gasteiger partial charge >= 0.3 is 0 Å². The fraction of sp³-hybridized carbons (Fsp3) is 0.235. The number of carbonyl (C=O) groups excluding carboxylic acids is 1. The maximum atomic E-state index is 13.3. The molecule has 5 heteroatoms. The Morgan fingerprint density at radius 1 is 1.27 bits per heavy atom. The zero-order chi connectivity index (χ0) is 16.1. The van der Waals surface area contributed by atoms with Crippen molar-refractivity contribution in [1.82, 2.24) is 5.32 Å². The molecule has 0 saturated heterocycles. The van der Waals surface area contributed by atoms with Crippen molar-refractivity contribution < 1.29 is 13.9 Å². The van der Waals surface area contributed by atoms with E-state index in [4.69, 9.17) is 4.74 Å². The Hall–Kier alpha value is -1.88. The van der Waals surface area contributed by atoms with Crippen LogP contribution in [0.25, 0.3) is 0 Å². The number of aryl methyl sites for hydroxylation is 1. The highest BCUT2D eigenvalue weighted by Gasteiger charge is 2.14. The van der Waals surface area contributed by atoms with E-state index in [-0.39, 0.29) is 18.3 Å². The van der Waals surface area contributed by atoms with Gasteiger partial charge in [0.25, 0.3) is 5.91 Å². The average molecular weight is 366 g/mol. The number of rotatable bonds is 5. The van der Waals surface area contributed by atoms with Gasteiger partial charge in [0.15, 0.2) is 6.10 Å². The predicted molar refractivity (Wildman–Crippen MR) is 87.2 cm³/mol. The van der Waals surface area contributed by atoms with E-state index in [9.17, 15) is 9.18 Å². The first kappa shape index (κ1) is 16.5. The normalized spacial score (nSPS) is 11.8. The lowest BCUT2D eigenvalue weighted by molar-refractivity contribution is -0.127. The molecule has 22 heavy (non-hydrogen) atoms. The molecular weight excluding hydrogens is 349 g/mol. The largest absolute Gasteiger partial charge is 0.481 e. The van der Waals surface area contributed by atoms with Crippen LogP contribution in [0, 0.1) is 12.7 Å². The van der Waals surface area contributed by atoms with E-state index in [2.05, 4.69) is 21.2 Å². The van der Waals surface area contributed by atoms with E-state index in [1.54, 1.807) is 13.0 Å². The number of hydrogen-bond acceptors (Lipinski definition) is 2. The van der Waals surface area contributed by atoms with Crippen molar-refractivity contribution in [3.8, 4) is 5.75 Å².